The predicted octanol–water partition coefficient (Wildman–Crippen LogP) is 2.35. The number of hydrogen-bond donors (Lipinski definition) is 1. The zero-order valence-corrected chi connectivity index (χ0v) is 11.2. The van der Waals surface area contributed by atoms with Crippen LogP contribution in [-0.4, -0.2) is 22.0 Å². The Morgan fingerprint density at radius 2 is 2.26 bits per heavy atom. The van der Waals surface area contributed by atoms with Crippen LogP contribution in [0.1, 0.15) is 22.1 Å². The number of nitrogens with zero attached hydrogens (tertiary/aromatic N) is 2. The Hall–Kier alpha value is -1.82. The molecule has 0 saturated heterocycles. The zero-order chi connectivity index (χ0) is 13.2. The molecule has 2 heterocycles. The Bertz CT molecular complexity index is 611. The molecule has 0 spiro atoms. The Labute approximate surface area is 114 Å². The first-order chi connectivity index (χ1) is 9.25. The lowest BCUT2D eigenvalue weighted by atomic mass is 10.0. The Kier molecular flexibility index (Phi) is 3.25. The van der Waals surface area contributed by atoms with Gasteiger partial charge in [-0.25, -0.2) is 4.63 Å². The van der Waals surface area contributed by atoms with Crippen molar-refractivity contribution in [3.63, 3.8) is 0 Å². The second-order valence-corrected chi connectivity index (χ2v) is 5.60. The summed E-state index contributed by atoms with van der Waals surface area (Å²) in [6.07, 6.45) is 1.01. The lowest BCUT2D eigenvalue weighted by Gasteiger charge is -2.23. The van der Waals surface area contributed by atoms with Gasteiger partial charge in [0.2, 0.25) is 5.91 Å². The van der Waals surface area contributed by atoms with E-state index in [9.17, 15) is 4.79 Å². The van der Waals surface area contributed by atoms with Gasteiger partial charge in [0.15, 0.2) is 5.82 Å². The molecule has 0 radical (unpaired) electrons. The number of amides is 1. The standard InChI is InChI=1S/C13H13N3O2S/c1-8-12(16-18-15-8)14-13(17)11-10-5-3-2-4-9(10)6-7-19-11/h2-5,11H,6-7H2,1H3,(H,14,16,17)/t11-/m0/s1. The minimum Gasteiger partial charge on any atom is -0.305 e. The molecule has 2 aromatic rings. The van der Waals surface area contributed by atoms with Crippen LogP contribution in [-0.2, 0) is 11.2 Å². The minimum atomic E-state index is -0.193. The first-order valence-electron chi connectivity index (χ1n) is 6.05. The number of carbonyl (C=O) groups excluding carboxylic acids is 1. The lowest BCUT2D eigenvalue weighted by Crippen LogP contribution is -2.23. The topological polar surface area (TPSA) is 68.0 Å². The van der Waals surface area contributed by atoms with E-state index in [1.807, 2.05) is 18.2 Å². The quantitative estimate of drug-likeness (QED) is 0.911. The van der Waals surface area contributed by atoms with Crippen LogP contribution in [0.15, 0.2) is 28.9 Å². The third kappa shape index (κ3) is 2.35. The van der Waals surface area contributed by atoms with Gasteiger partial charge in [-0.15, -0.1) is 11.8 Å². The SMILES string of the molecule is Cc1nonc1NC(=O)[C@H]1SCCc2ccccc21. The maximum atomic E-state index is 12.3. The van der Waals surface area contributed by atoms with Crippen LogP contribution in [0.5, 0.6) is 0 Å². The van der Waals surface area contributed by atoms with E-state index in [-0.39, 0.29) is 11.2 Å². The number of aryl methyl sites for hydroxylation is 2. The molecule has 0 unspecified atom stereocenters. The number of carbonyl (C=O) groups is 1. The average molecular weight is 275 g/mol. The first-order valence-corrected chi connectivity index (χ1v) is 7.10. The van der Waals surface area contributed by atoms with Crippen molar-refractivity contribution in [3.8, 4) is 0 Å². The molecule has 3 rings (SSSR count). The van der Waals surface area contributed by atoms with Crippen molar-refractivity contribution in [1.29, 1.82) is 0 Å². The van der Waals surface area contributed by atoms with Gasteiger partial charge < -0.3 is 5.32 Å². The fraction of sp³-hybridized carbons (Fsp3) is 0.308. The molecule has 1 atom stereocenters. The van der Waals surface area contributed by atoms with E-state index in [1.54, 1.807) is 18.7 Å². The highest BCUT2D eigenvalue weighted by Gasteiger charge is 2.27. The summed E-state index contributed by atoms with van der Waals surface area (Å²) in [6.45, 7) is 1.74. The van der Waals surface area contributed by atoms with E-state index in [2.05, 4.69) is 26.3 Å². The number of rotatable bonds is 2. The van der Waals surface area contributed by atoms with Crippen LogP contribution in [0, 0.1) is 6.92 Å². The summed E-state index contributed by atoms with van der Waals surface area (Å²) < 4.78 is 4.58. The van der Waals surface area contributed by atoms with E-state index in [0.717, 1.165) is 17.7 Å². The highest BCUT2D eigenvalue weighted by atomic mass is 32.2. The number of aromatic nitrogens is 2. The number of hydrogen-bond acceptors (Lipinski definition) is 5. The average Bonchev–Trinajstić information content (AvgIpc) is 2.83. The van der Waals surface area contributed by atoms with Crippen molar-refractivity contribution >= 4 is 23.5 Å². The van der Waals surface area contributed by atoms with E-state index in [1.165, 1.54) is 5.56 Å². The van der Waals surface area contributed by atoms with Gasteiger partial charge in [0.25, 0.3) is 0 Å². The summed E-state index contributed by atoms with van der Waals surface area (Å²) in [4.78, 5) is 12.3. The van der Waals surface area contributed by atoms with Crippen molar-refractivity contribution in [3.05, 3.63) is 41.1 Å². The molecule has 0 aliphatic carbocycles. The van der Waals surface area contributed by atoms with Crippen LogP contribution in [0.25, 0.3) is 0 Å². The maximum absolute atomic E-state index is 12.3. The molecule has 98 valence electrons. The van der Waals surface area contributed by atoms with Gasteiger partial charge in [0, 0.05) is 0 Å². The molecule has 0 bridgehead atoms. The molecule has 1 aromatic carbocycles. The van der Waals surface area contributed by atoms with Crippen LogP contribution in [0.2, 0.25) is 0 Å². The van der Waals surface area contributed by atoms with Crippen LogP contribution >= 0.6 is 11.8 Å². The largest absolute Gasteiger partial charge is 0.305 e. The summed E-state index contributed by atoms with van der Waals surface area (Å²) in [6, 6.07) is 8.07. The molecule has 1 amide bonds. The fourth-order valence-corrected chi connectivity index (χ4v) is 3.33. The number of nitrogens with one attached hydrogen (secondary N) is 1. The molecule has 1 aliphatic rings. The summed E-state index contributed by atoms with van der Waals surface area (Å²) in [5.41, 5.74) is 2.92. The molecule has 1 aromatic heterocycles. The van der Waals surface area contributed by atoms with E-state index < -0.39 is 0 Å². The third-order valence-corrected chi connectivity index (χ3v) is 4.37. The van der Waals surface area contributed by atoms with Crippen LogP contribution in [0.4, 0.5) is 5.82 Å². The maximum Gasteiger partial charge on any atom is 0.243 e. The minimum absolute atomic E-state index is 0.0732. The number of benzene rings is 1. The second kappa shape index (κ2) is 5.05. The Morgan fingerprint density at radius 1 is 1.42 bits per heavy atom. The number of fused-ring (bicyclic) bond motifs is 1. The number of anilines is 1. The van der Waals surface area contributed by atoms with Gasteiger partial charge >= 0.3 is 0 Å². The summed E-state index contributed by atoms with van der Waals surface area (Å²) >= 11 is 1.65. The normalized spacial score (nSPS) is 17.8. The monoisotopic (exact) mass is 275 g/mol. The Morgan fingerprint density at radius 3 is 3.05 bits per heavy atom. The molecule has 6 heteroatoms. The third-order valence-electron chi connectivity index (χ3n) is 3.13. The van der Waals surface area contributed by atoms with E-state index in [4.69, 9.17) is 0 Å². The van der Waals surface area contributed by atoms with Gasteiger partial charge in [-0.2, -0.15) is 0 Å². The van der Waals surface area contributed by atoms with Gasteiger partial charge in [-0.3, -0.25) is 4.79 Å². The fourth-order valence-electron chi connectivity index (χ4n) is 2.14. The van der Waals surface area contributed by atoms with E-state index in [0.29, 0.717) is 11.5 Å². The summed E-state index contributed by atoms with van der Waals surface area (Å²) in [7, 11) is 0. The zero-order valence-electron chi connectivity index (χ0n) is 10.4. The van der Waals surface area contributed by atoms with Gasteiger partial charge in [0.05, 0.1) is 0 Å². The Balaban J connectivity index is 1.84. The lowest BCUT2D eigenvalue weighted by molar-refractivity contribution is -0.115. The molecule has 0 saturated carbocycles. The van der Waals surface area contributed by atoms with Crippen molar-refractivity contribution in [2.24, 2.45) is 0 Å². The van der Waals surface area contributed by atoms with Crippen LogP contribution in [0.3, 0.4) is 0 Å². The van der Waals surface area contributed by atoms with Gasteiger partial charge in [-0.1, -0.05) is 29.4 Å². The molecular weight excluding hydrogens is 262 g/mol. The molecule has 19 heavy (non-hydrogen) atoms. The van der Waals surface area contributed by atoms with Crippen molar-refractivity contribution < 1.29 is 9.42 Å². The highest BCUT2D eigenvalue weighted by Crippen LogP contribution is 2.37. The number of thioether (sulfide) groups is 1. The van der Waals surface area contributed by atoms with Crippen molar-refractivity contribution in [2.75, 3.05) is 11.1 Å². The second-order valence-electron chi connectivity index (χ2n) is 4.39. The predicted molar refractivity (Wildman–Crippen MR) is 73.0 cm³/mol. The van der Waals surface area contributed by atoms with Crippen molar-refractivity contribution in [1.82, 2.24) is 10.3 Å². The highest BCUT2D eigenvalue weighted by molar-refractivity contribution is 8.00. The molecular formula is C13H13N3O2S. The van der Waals surface area contributed by atoms with Crippen molar-refractivity contribution in [2.45, 2.75) is 18.6 Å². The molecule has 1 aliphatic heterocycles. The first kappa shape index (κ1) is 12.2. The summed E-state index contributed by atoms with van der Waals surface area (Å²) in [5.74, 6) is 1.27. The summed E-state index contributed by atoms with van der Waals surface area (Å²) in [5, 5.41) is 9.91. The molecule has 5 nitrogen and oxygen atoms in total. The molecule has 1 N–H and O–H groups in total. The van der Waals surface area contributed by atoms with Gasteiger partial charge in [0.1, 0.15) is 10.9 Å². The molecule has 0 fully saturated rings. The van der Waals surface area contributed by atoms with Gasteiger partial charge in [-0.05, 0) is 35.4 Å². The smallest absolute Gasteiger partial charge is 0.243 e. The van der Waals surface area contributed by atoms with E-state index >= 15 is 0 Å². The van der Waals surface area contributed by atoms with Crippen LogP contribution < -0.4 is 5.32 Å².